The maximum Gasteiger partial charge on any atom is 0.348 e. The lowest BCUT2D eigenvalue weighted by molar-refractivity contribution is -0.384. The molecule has 1 saturated heterocycles. The van der Waals surface area contributed by atoms with Gasteiger partial charge >= 0.3 is 5.97 Å². The van der Waals surface area contributed by atoms with Gasteiger partial charge in [-0.3, -0.25) is 19.7 Å². The quantitative estimate of drug-likeness (QED) is 0.330. The highest BCUT2D eigenvalue weighted by molar-refractivity contribution is 7.20. The number of fused-ring (bicyclic) bond motifs is 1. The molecule has 1 aromatic carbocycles. The molecule has 3 heterocycles. The van der Waals surface area contributed by atoms with E-state index in [2.05, 4.69) is 0 Å². The zero-order valence-electron chi connectivity index (χ0n) is 16.2. The number of nitrogens with zero attached hydrogens (tertiary/aromatic N) is 3. The van der Waals surface area contributed by atoms with Crippen LogP contribution in [0.1, 0.15) is 19.3 Å². The molecular weight excluding hydrogens is 442 g/mol. The number of nitro benzene ring substituents is 1. The van der Waals surface area contributed by atoms with Crippen molar-refractivity contribution >= 4 is 56.2 Å². The summed E-state index contributed by atoms with van der Waals surface area (Å²) in [4.78, 5) is 51.7. The van der Waals surface area contributed by atoms with Crippen LogP contribution in [-0.2, 0) is 9.53 Å². The maximum absolute atomic E-state index is 12.4. The smallest absolute Gasteiger partial charge is 0.348 e. The van der Waals surface area contributed by atoms with Crippen LogP contribution < -0.4 is 0 Å². The van der Waals surface area contributed by atoms with Gasteiger partial charge in [-0.25, -0.2) is 4.79 Å². The molecule has 0 unspecified atom stereocenters. The van der Waals surface area contributed by atoms with Gasteiger partial charge in [0.15, 0.2) is 6.61 Å². The normalized spacial score (nSPS) is 13.9. The molecule has 0 bridgehead atoms. The van der Waals surface area contributed by atoms with Gasteiger partial charge in [-0.05, 0) is 23.6 Å². The summed E-state index contributed by atoms with van der Waals surface area (Å²) in [5, 5.41) is 13.3. The number of piperazine rings is 1. The molecule has 0 aliphatic carbocycles. The molecule has 1 aliphatic heterocycles. The van der Waals surface area contributed by atoms with E-state index in [0.717, 1.165) is 16.0 Å². The molecule has 11 heteroatoms. The Morgan fingerprint density at radius 2 is 1.77 bits per heavy atom. The number of non-ortho nitro benzene ring substituents is 1. The lowest BCUT2D eigenvalue weighted by atomic mass is 10.2. The minimum absolute atomic E-state index is 0.0430. The van der Waals surface area contributed by atoms with E-state index in [1.54, 1.807) is 21.9 Å². The number of ether oxygens (including phenoxy) is 1. The summed E-state index contributed by atoms with van der Waals surface area (Å²) in [6.07, 6.45) is 0. The summed E-state index contributed by atoms with van der Waals surface area (Å²) in [6, 6.07) is 9.47. The highest BCUT2D eigenvalue weighted by Crippen LogP contribution is 2.29. The van der Waals surface area contributed by atoms with E-state index in [4.69, 9.17) is 4.74 Å². The molecule has 0 spiro atoms. The molecule has 31 heavy (non-hydrogen) atoms. The predicted octanol–water partition coefficient (Wildman–Crippen LogP) is 3.01. The van der Waals surface area contributed by atoms with Gasteiger partial charge in [0, 0.05) is 48.4 Å². The maximum atomic E-state index is 12.4. The summed E-state index contributed by atoms with van der Waals surface area (Å²) in [6.45, 7) is 1.20. The van der Waals surface area contributed by atoms with Gasteiger partial charge in [-0.2, -0.15) is 0 Å². The van der Waals surface area contributed by atoms with E-state index in [9.17, 15) is 24.5 Å². The van der Waals surface area contributed by atoms with Crippen molar-refractivity contribution < 1.29 is 24.0 Å². The average Bonchev–Trinajstić information content (AvgIpc) is 3.46. The van der Waals surface area contributed by atoms with E-state index in [1.165, 1.54) is 29.5 Å². The molecule has 0 N–H and O–H groups in total. The van der Waals surface area contributed by atoms with Crippen molar-refractivity contribution in [3.63, 3.8) is 0 Å². The fraction of sp³-hybridized carbons (Fsp3) is 0.250. The first-order chi connectivity index (χ1) is 14.9. The fourth-order valence-electron chi connectivity index (χ4n) is 3.25. The van der Waals surface area contributed by atoms with Crippen LogP contribution in [-0.4, -0.2) is 65.3 Å². The van der Waals surface area contributed by atoms with Crippen LogP contribution in [0.25, 0.3) is 10.1 Å². The Morgan fingerprint density at radius 1 is 1.03 bits per heavy atom. The average molecular weight is 460 g/mol. The number of benzene rings is 1. The highest BCUT2D eigenvalue weighted by Gasteiger charge is 2.26. The summed E-state index contributed by atoms with van der Waals surface area (Å²) in [7, 11) is 0. The van der Waals surface area contributed by atoms with Crippen LogP contribution in [0.5, 0.6) is 0 Å². The lowest BCUT2D eigenvalue weighted by Gasteiger charge is -2.34. The molecule has 9 nitrogen and oxygen atoms in total. The Kier molecular flexibility index (Phi) is 5.96. The minimum atomic E-state index is -0.649. The number of esters is 1. The van der Waals surface area contributed by atoms with E-state index in [1.807, 2.05) is 11.4 Å². The van der Waals surface area contributed by atoms with Crippen molar-refractivity contribution in [3.8, 4) is 0 Å². The van der Waals surface area contributed by atoms with Crippen molar-refractivity contribution in [1.29, 1.82) is 0 Å². The number of carbonyl (C=O) groups excluding carboxylic acids is 3. The number of amides is 2. The summed E-state index contributed by atoms with van der Waals surface area (Å²) in [5.74, 6) is -1.02. The Balaban J connectivity index is 1.30. The molecular formula is C20H17N3O6S2. The second-order valence-electron chi connectivity index (χ2n) is 6.82. The number of thiophene rings is 2. The van der Waals surface area contributed by atoms with Crippen molar-refractivity contribution in [2.24, 2.45) is 0 Å². The first kappa shape index (κ1) is 20.9. The van der Waals surface area contributed by atoms with Crippen LogP contribution >= 0.6 is 22.7 Å². The van der Waals surface area contributed by atoms with Gasteiger partial charge in [0.25, 0.3) is 17.5 Å². The number of hydrogen-bond acceptors (Lipinski definition) is 8. The molecule has 3 aromatic rings. The van der Waals surface area contributed by atoms with Crippen LogP contribution in [0.4, 0.5) is 5.69 Å². The molecule has 0 radical (unpaired) electrons. The molecule has 160 valence electrons. The number of carbonyl (C=O) groups is 3. The van der Waals surface area contributed by atoms with Crippen LogP contribution in [0, 0.1) is 10.1 Å². The zero-order chi connectivity index (χ0) is 22.0. The standard InChI is InChI=1S/C20H17N3O6S2/c24-18(21-5-7-22(8-6-21)19(25)16-2-1-9-30-16)12-29-20(26)17-11-13-10-14(23(27)28)3-4-15(13)31-17/h1-4,9-11H,5-8,12H2. The first-order valence-corrected chi connectivity index (χ1v) is 11.1. The third kappa shape index (κ3) is 4.57. The van der Waals surface area contributed by atoms with Gasteiger partial charge < -0.3 is 14.5 Å². The van der Waals surface area contributed by atoms with Gasteiger partial charge in [-0.1, -0.05) is 6.07 Å². The second-order valence-corrected chi connectivity index (χ2v) is 8.85. The molecule has 0 atom stereocenters. The number of hydrogen-bond donors (Lipinski definition) is 0. The third-order valence-electron chi connectivity index (χ3n) is 4.89. The molecule has 2 amide bonds. The van der Waals surface area contributed by atoms with E-state index >= 15 is 0 Å². The SMILES string of the molecule is O=C(OCC(=O)N1CCN(C(=O)c2cccs2)CC1)c1cc2cc([N+](=O)[O-])ccc2s1. The van der Waals surface area contributed by atoms with Crippen molar-refractivity contribution in [3.05, 3.63) is 61.6 Å². The van der Waals surface area contributed by atoms with Crippen LogP contribution in [0.3, 0.4) is 0 Å². The lowest BCUT2D eigenvalue weighted by Crippen LogP contribution is -2.51. The van der Waals surface area contributed by atoms with Crippen molar-refractivity contribution in [1.82, 2.24) is 9.80 Å². The van der Waals surface area contributed by atoms with Crippen molar-refractivity contribution in [2.45, 2.75) is 0 Å². The van der Waals surface area contributed by atoms with E-state index in [0.29, 0.717) is 36.4 Å². The van der Waals surface area contributed by atoms with Crippen LogP contribution in [0.2, 0.25) is 0 Å². The second kappa shape index (κ2) is 8.82. The van der Waals surface area contributed by atoms with Gasteiger partial charge in [-0.15, -0.1) is 22.7 Å². The van der Waals surface area contributed by atoms with E-state index < -0.39 is 17.5 Å². The van der Waals surface area contributed by atoms with Gasteiger partial charge in [0.05, 0.1) is 9.80 Å². The molecule has 4 rings (SSSR count). The Bertz CT molecular complexity index is 1150. The molecule has 0 saturated carbocycles. The van der Waals surface area contributed by atoms with Gasteiger partial charge in [0.2, 0.25) is 0 Å². The van der Waals surface area contributed by atoms with Crippen LogP contribution in [0.15, 0.2) is 41.8 Å². The van der Waals surface area contributed by atoms with E-state index in [-0.39, 0.29) is 22.4 Å². The Labute approximate surface area is 184 Å². The predicted molar refractivity (Wildman–Crippen MR) is 116 cm³/mol. The minimum Gasteiger partial charge on any atom is -0.451 e. The highest BCUT2D eigenvalue weighted by atomic mass is 32.1. The Morgan fingerprint density at radius 3 is 2.45 bits per heavy atom. The molecule has 1 aliphatic rings. The van der Waals surface area contributed by atoms with Crippen molar-refractivity contribution in [2.75, 3.05) is 32.8 Å². The molecule has 2 aromatic heterocycles. The fourth-order valence-corrected chi connectivity index (χ4v) is 4.88. The van der Waals surface area contributed by atoms with Gasteiger partial charge in [0.1, 0.15) is 4.88 Å². The first-order valence-electron chi connectivity index (χ1n) is 9.38. The number of nitro groups is 1. The zero-order valence-corrected chi connectivity index (χ0v) is 17.8. The summed E-state index contributed by atoms with van der Waals surface area (Å²) in [5.41, 5.74) is -0.0582. The monoisotopic (exact) mass is 459 g/mol. The largest absolute Gasteiger partial charge is 0.451 e. The summed E-state index contributed by atoms with van der Waals surface area (Å²) >= 11 is 2.53. The number of rotatable bonds is 5. The Hall–Kier alpha value is -3.31. The molecule has 1 fully saturated rings. The third-order valence-corrected chi connectivity index (χ3v) is 6.84. The topological polar surface area (TPSA) is 110 Å². The summed E-state index contributed by atoms with van der Waals surface area (Å²) < 4.78 is 5.87.